The third-order valence-corrected chi connectivity index (χ3v) is 32.4. The molecule has 0 radical (unpaired) electrons. The smallest absolute Gasteiger partial charge is 0.135 e. The second-order valence-electron chi connectivity index (χ2n) is 39.6. The summed E-state index contributed by atoms with van der Waals surface area (Å²) < 4.78 is 6.62. The first-order chi connectivity index (χ1) is 68.1. The Hall–Kier alpha value is -17.2. The Morgan fingerprint density at radius 2 is 0.623 bits per heavy atom. The summed E-state index contributed by atoms with van der Waals surface area (Å²) in [6.07, 6.45) is 0.736. The van der Waals surface area contributed by atoms with Gasteiger partial charge in [0.1, 0.15) is 11.2 Å². The molecule has 1 spiro atoms. The number of nitrogens with zero attached hydrogens (tertiary/aromatic N) is 2. The fourth-order valence-corrected chi connectivity index (χ4v) is 26.4. The van der Waals surface area contributed by atoms with E-state index in [9.17, 15) is 0 Å². The Bertz CT molecular complexity index is 9900. The van der Waals surface area contributed by atoms with Crippen LogP contribution in [0.5, 0.6) is 0 Å². The van der Waals surface area contributed by atoms with Gasteiger partial charge in [-0.1, -0.05) is 385 Å². The molecule has 2 unspecified atom stereocenters. The zero-order chi connectivity index (χ0) is 90.7. The summed E-state index contributed by atoms with van der Waals surface area (Å²) in [4.78, 5) is 5.11. The van der Waals surface area contributed by atoms with Crippen molar-refractivity contribution in [3.63, 3.8) is 0 Å². The molecule has 3 nitrogen and oxygen atoms in total. The highest BCUT2D eigenvalue weighted by Crippen LogP contribution is 2.66. The van der Waals surface area contributed by atoms with Crippen molar-refractivity contribution in [2.75, 3.05) is 9.80 Å². The molecule has 0 saturated carbocycles. The fraction of sp³-hybridized carbons (Fsp3) is 0.0519. The minimum absolute atomic E-state index is 0.241. The number of fused-ring (bicyclic) bond motifs is 33. The first-order valence-electron chi connectivity index (χ1n) is 48.5. The predicted molar refractivity (Wildman–Crippen MR) is 582 cm³/mol. The van der Waals surface area contributed by atoms with Gasteiger partial charge < -0.3 is 14.2 Å². The molecule has 1 aromatic heterocycles. The average Bonchev–Trinajstić information content (AvgIpc) is 1.48. The molecule has 26 aromatic rings. The molecule has 1 heterocycles. The van der Waals surface area contributed by atoms with Gasteiger partial charge in [-0.25, -0.2) is 0 Å². The summed E-state index contributed by atoms with van der Waals surface area (Å²) in [5.74, 6) is 0. The zero-order valence-corrected chi connectivity index (χ0v) is 76.3. The summed E-state index contributed by atoms with van der Waals surface area (Å²) in [7, 11) is 0. The van der Waals surface area contributed by atoms with E-state index in [1.807, 2.05) is 0 Å². The maximum atomic E-state index is 6.62. The number of rotatable bonds is 9. The molecule has 3 heteroatoms. The summed E-state index contributed by atoms with van der Waals surface area (Å²) in [6, 6.07) is 175. The second kappa shape index (κ2) is 28.7. The molecule has 0 bridgehead atoms. The zero-order valence-electron chi connectivity index (χ0n) is 76.3. The molecule has 4 aliphatic rings. The van der Waals surface area contributed by atoms with Crippen molar-refractivity contribution >= 4 is 175 Å². The molecule has 0 amide bonds. The standard InChI is InChI=1S/C135H86N2O/c1-133(2)116-46-21-15-41-103(116)106-69-60-89(76-120(106)133)136(88-63-71-126-114(75-88)108-43-20-26-51-125(108)138-126)87-59-67-101-97-36-10-8-34-95(97)94-33-7-9-35-96(94)100-39-13-14-44-109(100)131-111-65-57-83-53-55-86(93-64-58-84(130(111)128(83)93)72-115(131)113(101)74-87)79-134(3)117-47-22-16-42-104(117)107-70-62-90(77-121(107)134)137(124-50-25-19-32-92(124)80-28-5-4-6-29-80)91-61-68-105-99-38-12-11-37-98(99)102-40-17-23-48-118(102)135(122(105)78-91)119-49-24-18-45-110(119)132-112-66-56-82-31-27-30-81-52-54-85(73-123(132)135)129(112)127(81)82/h4-78H,79H2,1-3H3. The third kappa shape index (κ3) is 10.6. The number of anilines is 6. The number of hydrogen-bond acceptors (Lipinski definition) is 3. The molecule has 0 saturated heterocycles. The van der Waals surface area contributed by atoms with Gasteiger partial charge >= 0.3 is 0 Å². The molecule has 2 atom stereocenters. The average molecular weight is 1750 g/mol. The van der Waals surface area contributed by atoms with Gasteiger partial charge in [0, 0.05) is 55.6 Å². The Morgan fingerprint density at radius 1 is 0.203 bits per heavy atom. The van der Waals surface area contributed by atoms with Gasteiger partial charge in [-0.05, 0) is 327 Å². The highest BCUT2D eigenvalue weighted by molar-refractivity contribution is 6.38. The Labute approximate surface area is 798 Å². The van der Waals surface area contributed by atoms with Crippen LogP contribution >= 0.6 is 0 Å². The largest absolute Gasteiger partial charge is 0.456 e. The lowest BCUT2D eigenvalue weighted by Gasteiger charge is -2.37. The maximum absolute atomic E-state index is 6.62. The first-order valence-corrected chi connectivity index (χ1v) is 48.5. The SMILES string of the molecule is CC1(C)c2ccccc2-c2ccc(N(c3ccc4oc5ccccc5c4c3)c3ccc4c5ccccc5c5ccccc5c5ccccc5c5c(cc6ccc7c(CC8(C)c9ccccc9-c9ccc(N(c%10ccc%11c(c%10)C%10(c%12ccccc%12-c%12ccccc%12-%11)c%11ccccc%11-c%11c%10cc%10ccc%12cccc%13ccc%11c%10c%12%13)c%10ccccc%10-c%10ccccc%10)cc98)ccc8ccc5c6c87)c4c3)cc21. The van der Waals surface area contributed by atoms with Gasteiger partial charge in [0.05, 0.1) is 11.1 Å². The van der Waals surface area contributed by atoms with E-state index in [2.05, 4.69) is 486 Å². The number of hydrogen-bond donors (Lipinski definition) is 0. The number of para-hydroxylation sites is 2. The van der Waals surface area contributed by atoms with Gasteiger partial charge in [0.25, 0.3) is 0 Å². The molecule has 25 aromatic carbocycles. The third-order valence-electron chi connectivity index (χ3n) is 32.4. The lowest BCUT2D eigenvalue weighted by Crippen LogP contribution is -2.29. The van der Waals surface area contributed by atoms with Gasteiger partial charge in [0.15, 0.2) is 0 Å². The molecule has 4 aliphatic carbocycles. The monoisotopic (exact) mass is 1750 g/mol. The van der Waals surface area contributed by atoms with E-state index in [1.165, 1.54) is 213 Å². The second-order valence-corrected chi connectivity index (χ2v) is 39.6. The van der Waals surface area contributed by atoms with Crippen molar-refractivity contribution in [2.45, 2.75) is 43.4 Å². The molecule has 642 valence electrons. The quantitative estimate of drug-likeness (QED) is 0.134. The first kappa shape index (κ1) is 77.2. The van der Waals surface area contributed by atoms with E-state index in [0.717, 1.165) is 84.4 Å². The van der Waals surface area contributed by atoms with Crippen LogP contribution in [0.1, 0.15) is 70.8 Å². The van der Waals surface area contributed by atoms with E-state index in [4.69, 9.17) is 4.42 Å². The van der Waals surface area contributed by atoms with Gasteiger partial charge in [0.2, 0.25) is 0 Å². The Kier molecular flexibility index (Phi) is 16.0. The highest BCUT2D eigenvalue weighted by Gasteiger charge is 2.52. The summed E-state index contributed by atoms with van der Waals surface area (Å²) in [6.45, 7) is 7.32. The molecular formula is C135H86N2O. The fourth-order valence-electron chi connectivity index (χ4n) is 26.4. The van der Waals surface area contributed by atoms with Crippen molar-refractivity contribution in [3.8, 4) is 66.8 Å². The van der Waals surface area contributed by atoms with Crippen LogP contribution in [0, 0.1) is 0 Å². The Balaban J connectivity index is 0.635. The molecule has 0 aliphatic heterocycles. The molecule has 0 fully saturated rings. The van der Waals surface area contributed by atoms with Crippen molar-refractivity contribution < 1.29 is 4.42 Å². The number of furan rings is 1. The normalized spacial score (nSPS) is 15.2. The van der Waals surface area contributed by atoms with E-state index in [1.54, 1.807) is 0 Å². The van der Waals surface area contributed by atoms with Crippen molar-refractivity contribution in [3.05, 3.63) is 505 Å². The molecule has 0 N–H and O–H groups in total. The van der Waals surface area contributed by atoms with Crippen LogP contribution in [0.25, 0.3) is 207 Å². The van der Waals surface area contributed by atoms with Crippen LogP contribution < -0.4 is 9.80 Å². The van der Waals surface area contributed by atoms with Gasteiger partial charge in [-0.3, -0.25) is 0 Å². The van der Waals surface area contributed by atoms with Gasteiger partial charge in [-0.15, -0.1) is 0 Å². The molecule has 138 heavy (non-hydrogen) atoms. The van der Waals surface area contributed by atoms with Crippen LogP contribution in [-0.4, -0.2) is 0 Å². The van der Waals surface area contributed by atoms with Crippen LogP contribution in [0.4, 0.5) is 34.1 Å². The molecule has 30 rings (SSSR count). The van der Waals surface area contributed by atoms with Crippen LogP contribution in [0.3, 0.4) is 0 Å². The maximum Gasteiger partial charge on any atom is 0.135 e. The van der Waals surface area contributed by atoms with Crippen molar-refractivity contribution in [2.24, 2.45) is 0 Å². The summed E-state index contributed by atoms with van der Waals surface area (Å²) >= 11 is 0. The van der Waals surface area contributed by atoms with E-state index in [0.29, 0.717) is 0 Å². The van der Waals surface area contributed by atoms with E-state index in [-0.39, 0.29) is 5.41 Å². The van der Waals surface area contributed by atoms with E-state index < -0.39 is 10.8 Å². The minimum atomic E-state index is -0.787. The van der Waals surface area contributed by atoms with Crippen molar-refractivity contribution in [1.82, 2.24) is 0 Å². The highest BCUT2D eigenvalue weighted by atomic mass is 16.3. The van der Waals surface area contributed by atoms with Gasteiger partial charge in [-0.2, -0.15) is 0 Å². The summed E-state index contributed by atoms with van der Waals surface area (Å²) in [5, 5.41) is 29.2. The lowest BCUT2D eigenvalue weighted by atomic mass is 9.65. The van der Waals surface area contributed by atoms with Crippen LogP contribution in [0.15, 0.2) is 459 Å². The number of benzene rings is 24. The topological polar surface area (TPSA) is 19.6 Å². The lowest BCUT2D eigenvalue weighted by molar-refractivity contribution is 0.585. The predicted octanol–water partition coefficient (Wildman–Crippen LogP) is 36.7. The van der Waals surface area contributed by atoms with E-state index >= 15 is 0 Å². The summed E-state index contributed by atoms with van der Waals surface area (Å²) in [5.41, 5.74) is 33.3. The van der Waals surface area contributed by atoms with Crippen LogP contribution in [0.2, 0.25) is 0 Å². The molecular weight excluding hydrogens is 1670 g/mol. The minimum Gasteiger partial charge on any atom is -0.456 e. The van der Waals surface area contributed by atoms with Crippen molar-refractivity contribution in [1.29, 1.82) is 0 Å². The Morgan fingerprint density at radius 3 is 1.33 bits per heavy atom. The van der Waals surface area contributed by atoms with Crippen LogP contribution in [-0.2, 0) is 22.7 Å².